The summed E-state index contributed by atoms with van der Waals surface area (Å²) in [7, 11) is 2.18. The minimum atomic E-state index is 0.259. The number of carbonyl (C=O) groups is 1. The first-order chi connectivity index (χ1) is 16.0. The van der Waals surface area contributed by atoms with Crippen molar-refractivity contribution in [1.82, 2.24) is 9.47 Å². The van der Waals surface area contributed by atoms with Crippen LogP contribution in [-0.2, 0) is 24.9 Å². The Morgan fingerprint density at radius 2 is 1.61 bits per heavy atom. The molecule has 4 rings (SSSR count). The number of amides is 1. The minimum absolute atomic E-state index is 0.259. The van der Waals surface area contributed by atoms with Crippen LogP contribution in [0.15, 0.2) is 54.6 Å². The van der Waals surface area contributed by atoms with Crippen molar-refractivity contribution in [3.63, 3.8) is 0 Å². The molecule has 0 bridgehead atoms. The van der Waals surface area contributed by atoms with E-state index < -0.39 is 0 Å². The number of benzene rings is 2. The van der Waals surface area contributed by atoms with Gasteiger partial charge in [0.05, 0.1) is 0 Å². The first kappa shape index (κ1) is 23.6. The van der Waals surface area contributed by atoms with Crippen LogP contribution in [0.3, 0.4) is 0 Å². The fraction of sp³-hybridized carbons (Fsp3) is 0.483. The molecule has 4 nitrogen and oxygen atoms in total. The van der Waals surface area contributed by atoms with Crippen molar-refractivity contribution < 1.29 is 4.79 Å². The summed E-state index contributed by atoms with van der Waals surface area (Å²) in [5, 5.41) is 1.30. The Bertz CT molecular complexity index is 1070. The molecule has 0 aliphatic carbocycles. The van der Waals surface area contributed by atoms with E-state index in [2.05, 4.69) is 89.9 Å². The zero-order valence-electron chi connectivity index (χ0n) is 20.6. The Morgan fingerprint density at radius 3 is 2.39 bits per heavy atom. The predicted molar refractivity (Wildman–Crippen MR) is 138 cm³/mol. The van der Waals surface area contributed by atoms with Crippen molar-refractivity contribution >= 4 is 22.5 Å². The van der Waals surface area contributed by atoms with E-state index in [1.807, 2.05) is 0 Å². The maximum Gasteiger partial charge on any atom is 0.227 e. The van der Waals surface area contributed by atoms with E-state index in [1.54, 1.807) is 0 Å². The second-order valence-corrected chi connectivity index (χ2v) is 10.0. The zero-order valence-corrected chi connectivity index (χ0v) is 20.6. The second-order valence-electron chi connectivity index (χ2n) is 10.0. The molecule has 0 atom stereocenters. The van der Waals surface area contributed by atoms with Gasteiger partial charge in [-0.1, -0.05) is 69.5 Å². The van der Waals surface area contributed by atoms with Gasteiger partial charge < -0.3 is 9.47 Å². The van der Waals surface area contributed by atoms with E-state index in [0.29, 0.717) is 12.3 Å². The number of rotatable bonds is 4. The zero-order chi connectivity index (χ0) is 23.2. The predicted octanol–water partition coefficient (Wildman–Crippen LogP) is 6.52. The summed E-state index contributed by atoms with van der Waals surface area (Å²) < 4.78 is 2.33. The smallest absolute Gasteiger partial charge is 0.227 e. The van der Waals surface area contributed by atoms with Crippen LogP contribution in [0.5, 0.6) is 0 Å². The molecule has 1 aliphatic rings. The molecule has 0 saturated carbocycles. The Morgan fingerprint density at radius 1 is 0.909 bits per heavy atom. The van der Waals surface area contributed by atoms with Crippen molar-refractivity contribution in [3.8, 4) is 0 Å². The normalized spacial score (nSPS) is 16.4. The molecular formula is C29H39N3O. The first-order valence-corrected chi connectivity index (χ1v) is 12.7. The maximum absolute atomic E-state index is 13.2. The lowest BCUT2D eigenvalue weighted by Crippen LogP contribution is -2.34. The summed E-state index contributed by atoms with van der Waals surface area (Å²) in [6, 6.07) is 19.5. The van der Waals surface area contributed by atoms with Gasteiger partial charge in [-0.2, -0.15) is 0 Å². The van der Waals surface area contributed by atoms with Gasteiger partial charge in [-0.05, 0) is 54.5 Å². The Hall–Kier alpha value is -2.59. The van der Waals surface area contributed by atoms with E-state index in [9.17, 15) is 4.79 Å². The van der Waals surface area contributed by atoms with Crippen molar-refractivity contribution in [2.45, 2.75) is 65.5 Å². The summed E-state index contributed by atoms with van der Waals surface area (Å²) in [4.78, 5) is 17.9. The second kappa shape index (κ2) is 11.0. The largest absolute Gasteiger partial charge is 0.346 e. The van der Waals surface area contributed by atoms with Crippen LogP contribution in [-0.4, -0.2) is 28.5 Å². The number of aromatic nitrogens is 1. The van der Waals surface area contributed by atoms with Gasteiger partial charge in [0.1, 0.15) is 0 Å². The summed E-state index contributed by atoms with van der Waals surface area (Å²) in [6.45, 7) is 7.95. The van der Waals surface area contributed by atoms with Crippen molar-refractivity contribution in [2.75, 3.05) is 18.0 Å². The minimum Gasteiger partial charge on any atom is -0.346 e. The standard InChI is InChI=1S/C29H39N3O/c1-23(2)19-29(33)32-18-12-6-4-5-11-17-31(21-25-14-8-10-16-28(25)32)22-26-20-24-13-7-9-15-27(24)30(26)3/h7-10,13-16,20,23H,4-6,11-12,17-19,21-22H2,1-3H3. The quantitative estimate of drug-likeness (QED) is 0.457. The fourth-order valence-electron chi connectivity index (χ4n) is 5.06. The van der Waals surface area contributed by atoms with Crippen molar-refractivity contribution in [1.29, 1.82) is 0 Å². The lowest BCUT2D eigenvalue weighted by atomic mass is 10.0. The maximum atomic E-state index is 13.2. The third-order valence-corrected chi connectivity index (χ3v) is 6.85. The Balaban J connectivity index is 1.63. The number of hydrogen-bond donors (Lipinski definition) is 0. The van der Waals surface area contributed by atoms with Crippen LogP contribution in [0, 0.1) is 5.92 Å². The van der Waals surface area contributed by atoms with Gasteiger partial charge in [0.25, 0.3) is 0 Å². The SMILES string of the molecule is CC(C)CC(=O)N1CCCCCCCN(Cc2cc3ccccc3n2C)Cc2ccccc21. The molecule has 0 fully saturated rings. The summed E-state index contributed by atoms with van der Waals surface area (Å²) in [5.74, 6) is 0.628. The highest BCUT2D eigenvalue weighted by Crippen LogP contribution is 2.27. The fourth-order valence-corrected chi connectivity index (χ4v) is 5.06. The van der Waals surface area contributed by atoms with E-state index in [0.717, 1.165) is 38.3 Å². The molecule has 2 aromatic carbocycles. The third-order valence-electron chi connectivity index (χ3n) is 6.85. The summed E-state index contributed by atoms with van der Waals surface area (Å²) in [5.41, 5.74) is 4.99. The van der Waals surface area contributed by atoms with Crippen LogP contribution >= 0.6 is 0 Å². The molecule has 0 unspecified atom stereocenters. The molecule has 0 saturated heterocycles. The summed E-state index contributed by atoms with van der Waals surface area (Å²) in [6.07, 6.45) is 6.60. The number of carbonyl (C=O) groups excluding carboxylic acids is 1. The van der Waals surface area contributed by atoms with Crippen LogP contribution in [0.4, 0.5) is 5.69 Å². The van der Waals surface area contributed by atoms with Gasteiger partial charge in [-0.25, -0.2) is 0 Å². The van der Waals surface area contributed by atoms with Crippen molar-refractivity contribution in [2.24, 2.45) is 13.0 Å². The molecule has 1 aromatic heterocycles. The topological polar surface area (TPSA) is 28.5 Å². The number of para-hydroxylation sites is 2. The van der Waals surface area contributed by atoms with Gasteiger partial charge in [-0.3, -0.25) is 9.69 Å². The van der Waals surface area contributed by atoms with Crippen LogP contribution in [0.25, 0.3) is 10.9 Å². The van der Waals surface area contributed by atoms with Gasteiger partial charge in [0.15, 0.2) is 0 Å². The third kappa shape index (κ3) is 5.86. The van der Waals surface area contributed by atoms with E-state index in [4.69, 9.17) is 0 Å². The Kier molecular flexibility index (Phi) is 7.87. The Labute approximate surface area is 199 Å². The van der Waals surface area contributed by atoms with Crippen LogP contribution in [0.1, 0.15) is 63.6 Å². The molecule has 0 N–H and O–H groups in total. The average molecular weight is 446 g/mol. The molecule has 1 aliphatic heterocycles. The molecule has 0 spiro atoms. The molecule has 33 heavy (non-hydrogen) atoms. The van der Waals surface area contributed by atoms with Gasteiger partial charge in [0, 0.05) is 50.0 Å². The lowest BCUT2D eigenvalue weighted by molar-refractivity contribution is -0.119. The average Bonchev–Trinajstić information content (AvgIpc) is 3.10. The number of nitrogens with zero attached hydrogens (tertiary/aromatic N) is 3. The van der Waals surface area contributed by atoms with Gasteiger partial charge in [0.2, 0.25) is 5.91 Å². The number of aryl methyl sites for hydroxylation is 1. The molecule has 2 heterocycles. The number of hydrogen-bond acceptors (Lipinski definition) is 2. The molecular weight excluding hydrogens is 406 g/mol. The van der Waals surface area contributed by atoms with Crippen LogP contribution < -0.4 is 4.90 Å². The van der Waals surface area contributed by atoms with E-state index in [-0.39, 0.29) is 5.91 Å². The van der Waals surface area contributed by atoms with E-state index >= 15 is 0 Å². The molecule has 3 aromatic rings. The lowest BCUT2D eigenvalue weighted by Gasteiger charge is -2.30. The van der Waals surface area contributed by atoms with Gasteiger partial charge in [-0.15, -0.1) is 0 Å². The molecule has 0 radical (unpaired) electrons. The van der Waals surface area contributed by atoms with Crippen LogP contribution in [0.2, 0.25) is 0 Å². The highest BCUT2D eigenvalue weighted by atomic mass is 16.2. The highest BCUT2D eigenvalue weighted by molar-refractivity contribution is 5.94. The first-order valence-electron chi connectivity index (χ1n) is 12.7. The highest BCUT2D eigenvalue weighted by Gasteiger charge is 2.21. The molecule has 1 amide bonds. The van der Waals surface area contributed by atoms with Crippen molar-refractivity contribution in [3.05, 3.63) is 65.9 Å². The monoisotopic (exact) mass is 445 g/mol. The number of anilines is 1. The van der Waals surface area contributed by atoms with E-state index in [1.165, 1.54) is 47.8 Å². The molecule has 4 heteroatoms. The summed E-state index contributed by atoms with van der Waals surface area (Å²) >= 11 is 0. The van der Waals surface area contributed by atoms with Gasteiger partial charge >= 0.3 is 0 Å². The number of fused-ring (bicyclic) bond motifs is 2. The molecule has 176 valence electrons.